The van der Waals surface area contributed by atoms with E-state index in [4.69, 9.17) is 28.7 Å². The Bertz CT molecular complexity index is 2650. The fourth-order valence-electron chi connectivity index (χ4n) is 5.26. The Labute approximate surface area is 281 Å². The van der Waals surface area contributed by atoms with E-state index in [1.54, 1.807) is 54.7 Å². The molecule has 0 unspecified atom stereocenters. The third-order valence-electron chi connectivity index (χ3n) is 7.59. The summed E-state index contributed by atoms with van der Waals surface area (Å²) in [6, 6.07) is 27.4. The SMILES string of the molecule is [2H]c1c([2H])c([2H])c(-c2ccc(-c3nc(-c4ccc(-c5c([2H])c([2H])c([2H])c([2H])c5[2H])cc4)nc(-c4ccc(-c5cccc6cccnc56)cc4)n3)cc2)c([2H])c1[2H]. The fraction of sp³-hybridized carbons (Fsp3) is 0. The molecule has 4 heteroatoms. The van der Waals surface area contributed by atoms with E-state index in [1.165, 1.54) is 0 Å². The van der Waals surface area contributed by atoms with Crippen LogP contribution in [0.3, 0.4) is 0 Å². The van der Waals surface area contributed by atoms with Crippen molar-refractivity contribution in [3.63, 3.8) is 0 Å². The van der Waals surface area contributed by atoms with Crippen molar-refractivity contribution in [2.75, 3.05) is 0 Å². The van der Waals surface area contributed by atoms with Gasteiger partial charge in [-0.1, -0.05) is 157 Å². The van der Waals surface area contributed by atoms with Crippen molar-refractivity contribution in [2.24, 2.45) is 0 Å². The van der Waals surface area contributed by atoms with Gasteiger partial charge < -0.3 is 0 Å². The van der Waals surface area contributed by atoms with Crippen LogP contribution in [0, 0.1) is 0 Å². The number of rotatable bonds is 6. The van der Waals surface area contributed by atoms with Crippen molar-refractivity contribution >= 4 is 10.9 Å². The summed E-state index contributed by atoms with van der Waals surface area (Å²) in [7, 11) is 0. The van der Waals surface area contributed by atoms with Gasteiger partial charge in [0.1, 0.15) is 0 Å². The highest BCUT2D eigenvalue weighted by Gasteiger charge is 2.14. The number of hydrogen-bond donors (Lipinski definition) is 0. The van der Waals surface area contributed by atoms with Crippen LogP contribution in [-0.2, 0) is 0 Å². The molecule has 0 saturated carbocycles. The van der Waals surface area contributed by atoms with Crippen LogP contribution in [0.4, 0.5) is 0 Å². The van der Waals surface area contributed by atoms with Crippen LogP contribution in [0.15, 0.2) is 170 Å². The number of nitrogens with zero attached hydrogens (tertiary/aromatic N) is 4. The van der Waals surface area contributed by atoms with Crippen molar-refractivity contribution in [3.05, 3.63) is 170 Å². The van der Waals surface area contributed by atoms with E-state index in [1.807, 2.05) is 54.6 Å². The van der Waals surface area contributed by atoms with Gasteiger partial charge in [0.2, 0.25) is 0 Å². The fourth-order valence-corrected chi connectivity index (χ4v) is 5.26. The Morgan fingerprint density at radius 3 is 1.26 bits per heavy atom. The maximum Gasteiger partial charge on any atom is 0.164 e. The lowest BCUT2D eigenvalue weighted by atomic mass is 10.0. The molecule has 0 amide bonds. The van der Waals surface area contributed by atoms with Crippen molar-refractivity contribution in [1.29, 1.82) is 0 Å². The first-order valence-corrected chi connectivity index (χ1v) is 14.5. The molecule has 0 bridgehead atoms. The van der Waals surface area contributed by atoms with E-state index in [0.717, 1.165) is 22.0 Å². The quantitative estimate of drug-likeness (QED) is 0.191. The molecule has 0 N–H and O–H groups in total. The zero-order chi connectivity index (χ0) is 39.4. The average Bonchev–Trinajstić information content (AvgIpc) is 3.24. The van der Waals surface area contributed by atoms with E-state index < -0.39 is 36.3 Å². The molecule has 0 saturated heterocycles. The van der Waals surface area contributed by atoms with E-state index in [2.05, 4.69) is 4.98 Å². The molecule has 46 heavy (non-hydrogen) atoms. The van der Waals surface area contributed by atoms with E-state index in [-0.39, 0.29) is 35.3 Å². The standard InChI is InChI=1S/C42H28N4/c1-3-9-29(10-4-1)31-16-22-35(23-17-31)40-44-41(36-24-18-32(19-25-36)30-11-5-2-6-12-30)46-42(45-40)37-26-20-33(21-27-37)38-15-7-13-34-14-8-28-43-39(34)38/h1-28H/i1D,2D,3D,4D,5D,6D,9D,10D,11D,12D. The van der Waals surface area contributed by atoms with Crippen molar-refractivity contribution in [3.8, 4) is 67.5 Å². The van der Waals surface area contributed by atoms with E-state index >= 15 is 0 Å². The molecule has 6 aromatic carbocycles. The second kappa shape index (κ2) is 12.0. The Kier molecular flexibility index (Phi) is 4.84. The van der Waals surface area contributed by atoms with Gasteiger partial charge in [-0.15, -0.1) is 0 Å². The predicted octanol–water partition coefficient (Wildman–Crippen LogP) is 10.4. The predicted molar refractivity (Wildman–Crippen MR) is 188 cm³/mol. The lowest BCUT2D eigenvalue weighted by Gasteiger charge is -2.11. The first-order valence-electron chi connectivity index (χ1n) is 19.5. The van der Waals surface area contributed by atoms with Crippen molar-refractivity contribution in [2.45, 2.75) is 0 Å². The molecule has 216 valence electrons. The molecule has 2 heterocycles. The van der Waals surface area contributed by atoms with Gasteiger partial charge in [0.05, 0.1) is 19.2 Å². The highest BCUT2D eigenvalue weighted by molar-refractivity contribution is 5.93. The summed E-state index contributed by atoms with van der Waals surface area (Å²) in [6.45, 7) is 0. The van der Waals surface area contributed by atoms with Crippen molar-refractivity contribution < 1.29 is 13.7 Å². The van der Waals surface area contributed by atoms with Crippen LogP contribution in [-0.4, -0.2) is 19.9 Å². The summed E-state index contributed by atoms with van der Waals surface area (Å²) < 4.78 is 82.0. The Balaban J connectivity index is 1.22. The maximum absolute atomic E-state index is 8.41. The number of benzene rings is 6. The number of pyridine rings is 1. The number of aromatic nitrogens is 4. The van der Waals surface area contributed by atoms with Crippen molar-refractivity contribution in [1.82, 2.24) is 19.9 Å². The lowest BCUT2D eigenvalue weighted by molar-refractivity contribution is 1.07. The van der Waals surface area contributed by atoms with E-state index in [0.29, 0.717) is 45.3 Å². The second-order valence-electron chi connectivity index (χ2n) is 10.4. The van der Waals surface area contributed by atoms with Crippen LogP contribution < -0.4 is 0 Å². The van der Waals surface area contributed by atoms with Crippen LogP contribution in [0.1, 0.15) is 13.7 Å². The molecule has 8 aromatic rings. The Morgan fingerprint density at radius 2 is 0.783 bits per heavy atom. The smallest absolute Gasteiger partial charge is 0.164 e. The minimum atomic E-state index is -0.464. The van der Waals surface area contributed by atoms with Gasteiger partial charge in [0, 0.05) is 33.8 Å². The highest BCUT2D eigenvalue weighted by Crippen LogP contribution is 2.31. The minimum absolute atomic E-state index is 0.0836. The largest absolute Gasteiger partial charge is 0.256 e. The minimum Gasteiger partial charge on any atom is -0.256 e. The van der Waals surface area contributed by atoms with Crippen LogP contribution in [0.25, 0.3) is 78.4 Å². The third-order valence-corrected chi connectivity index (χ3v) is 7.59. The molecular formula is C42H28N4. The third kappa shape index (κ3) is 5.44. The molecule has 0 spiro atoms. The number of fused-ring (bicyclic) bond motifs is 1. The maximum atomic E-state index is 8.41. The summed E-state index contributed by atoms with van der Waals surface area (Å²) in [5.74, 6) is 1.00. The van der Waals surface area contributed by atoms with Gasteiger partial charge in [0.25, 0.3) is 0 Å². The molecule has 4 nitrogen and oxygen atoms in total. The summed E-state index contributed by atoms with van der Waals surface area (Å²) in [4.78, 5) is 19.1. The number of para-hydroxylation sites is 1. The second-order valence-corrected chi connectivity index (χ2v) is 10.4. The summed E-state index contributed by atoms with van der Waals surface area (Å²) in [6.07, 6.45) is 1.77. The van der Waals surface area contributed by atoms with Crippen LogP contribution >= 0.6 is 0 Å². The molecule has 0 radical (unpaired) electrons. The van der Waals surface area contributed by atoms with Crippen LogP contribution in [0.5, 0.6) is 0 Å². The van der Waals surface area contributed by atoms with Gasteiger partial charge in [-0.2, -0.15) is 0 Å². The lowest BCUT2D eigenvalue weighted by Crippen LogP contribution is -2.00. The molecule has 0 aliphatic heterocycles. The first-order chi connectivity index (χ1) is 26.9. The molecule has 2 aromatic heterocycles. The molecule has 0 atom stereocenters. The Morgan fingerprint density at radius 1 is 0.370 bits per heavy atom. The average molecular weight is 599 g/mol. The summed E-state index contributed by atoms with van der Waals surface area (Å²) in [5.41, 5.74) is 5.72. The van der Waals surface area contributed by atoms with E-state index in [9.17, 15) is 0 Å². The highest BCUT2D eigenvalue weighted by atomic mass is 15.0. The number of hydrogen-bond acceptors (Lipinski definition) is 4. The zero-order valence-corrected chi connectivity index (χ0v) is 24.2. The molecule has 0 aliphatic rings. The molecule has 8 rings (SSSR count). The zero-order valence-electron chi connectivity index (χ0n) is 34.2. The van der Waals surface area contributed by atoms with Gasteiger partial charge in [-0.3, -0.25) is 4.98 Å². The van der Waals surface area contributed by atoms with Gasteiger partial charge in [-0.25, -0.2) is 15.0 Å². The molecule has 0 aliphatic carbocycles. The Hall–Kier alpha value is -6.26. The van der Waals surface area contributed by atoms with Gasteiger partial charge in [0.15, 0.2) is 17.5 Å². The molecule has 0 fully saturated rings. The van der Waals surface area contributed by atoms with Gasteiger partial charge in [-0.05, 0) is 33.9 Å². The first kappa shape index (κ1) is 18.5. The topological polar surface area (TPSA) is 51.6 Å². The van der Waals surface area contributed by atoms with Gasteiger partial charge >= 0.3 is 0 Å². The van der Waals surface area contributed by atoms with Crippen LogP contribution in [0.2, 0.25) is 0 Å². The summed E-state index contributed by atoms with van der Waals surface area (Å²) in [5, 5.41) is 1.02. The summed E-state index contributed by atoms with van der Waals surface area (Å²) >= 11 is 0. The molecular weight excluding hydrogens is 560 g/mol. The monoisotopic (exact) mass is 598 g/mol. The normalized spacial score (nSPS) is 14.1.